The van der Waals surface area contributed by atoms with E-state index in [9.17, 15) is 9.90 Å². The van der Waals surface area contributed by atoms with Crippen molar-refractivity contribution < 1.29 is 9.90 Å². The Hall–Kier alpha value is -1.61. The van der Waals surface area contributed by atoms with E-state index < -0.39 is 5.97 Å². The van der Waals surface area contributed by atoms with Gasteiger partial charge in [0, 0.05) is 5.33 Å². The number of aryl methyl sites for hydroxylation is 1. The van der Waals surface area contributed by atoms with Crippen LogP contribution in [0, 0.1) is 0 Å². The molecule has 0 aliphatic carbocycles. The molecule has 2 nitrogen and oxygen atoms in total. The number of hydrogen-bond acceptors (Lipinski definition) is 1. The molecule has 1 N–H and O–H groups in total. The van der Waals surface area contributed by atoms with Gasteiger partial charge in [0.1, 0.15) is 0 Å². The van der Waals surface area contributed by atoms with Crippen LogP contribution >= 0.6 is 15.9 Å². The summed E-state index contributed by atoms with van der Waals surface area (Å²) in [5.74, 6) is -0.870. The lowest BCUT2D eigenvalue weighted by molar-refractivity contribution is 0.0696. The molecule has 0 fully saturated rings. The number of aromatic carboxylic acids is 1. The third kappa shape index (κ3) is 2.62. The van der Waals surface area contributed by atoms with Crippen LogP contribution in [0.3, 0.4) is 0 Å². The summed E-state index contributed by atoms with van der Waals surface area (Å²) < 4.78 is 0. The Bertz CT molecular complexity index is 550. The lowest BCUT2D eigenvalue weighted by Crippen LogP contribution is -2.05. The van der Waals surface area contributed by atoms with Gasteiger partial charge in [0.15, 0.2) is 0 Å². The van der Waals surface area contributed by atoms with Crippen LogP contribution in [0.25, 0.3) is 11.1 Å². The van der Waals surface area contributed by atoms with E-state index in [1.165, 1.54) is 0 Å². The molecular weight excluding hydrogens is 292 g/mol. The predicted octanol–water partition coefficient (Wildman–Crippen LogP) is 3.99. The molecule has 0 aliphatic heterocycles. The normalized spacial score (nSPS) is 10.3. The number of carboxylic acids is 1. The molecule has 0 amide bonds. The molecule has 0 saturated heterocycles. The molecule has 0 radical (unpaired) electrons. The van der Waals surface area contributed by atoms with Crippen molar-refractivity contribution in [3.05, 3.63) is 59.7 Å². The summed E-state index contributed by atoms with van der Waals surface area (Å²) in [5.41, 5.74) is 2.98. The number of hydrogen-bond donors (Lipinski definition) is 1. The number of carbonyl (C=O) groups is 1. The molecule has 0 bridgehead atoms. The number of alkyl halides is 1. The molecule has 0 unspecified atom stereocenters. The number of rotatable bonds is 4. The van der Waals surface area contributed by atoms with Gasteiger partial charge in [-0.3, -0.25) is 0 Å². The van der Waals surface area contributed by atoms with Crippen LogP contribution in [0.5, 0.6) is 0 Å². The third-order valence-electron chi connectivity index (χ3n) is 2.81. The van der Waals surface area contributed by atoms with Gasteiger partial charge in [0.2, 0.25) is 0 Å². The van der Waals surface area contributed by atoms with Crippen LogP contribution in [0.2, 0.25) is 0 Å². The lowest BCUT2D eigenvalue weighted by Gasteiger charge is -2.11. The molecule has 3 heteroatoms. The van der Waals surface area contributed by atoms with Crippen molar-refractivity contribution in [1.29, 1.82) is 0 Å². The van der Waals surface area contributed by atoms with Crippen LogP contribution in [0.1, 0.15) is 15.9 Å². The molecule has 2 rings (SSSR count). The molecule has 0 atom stereocenters. The molecule has 0 heterocycles. The van der Waals surface area contributed by atoms with Gasteiger partial charge < -0.3 is 5.11 Å². The van der Waals surface area contributed by atoms with Crippen molar-refractivity contribution in [3.63, 3.8) is 0 Å². The Morgan fingerprint density at radius 2 is 1.78 bits per heavy atom. The standard InChI is InChI=1S/C15H13BrO2/c16-10-9-12-7-4-8-13(14(12)15(17)18)11-5-2-1-3-6-11/h1-8H,9-10H2,(H,17,18). The zero-order chi connectivity index (χ0) is 13.0. The first-order valence-corrected chi connectivity index (χ1v) is 6.82. The fourth-order valence-electron chi connectivity index (χ4n) is 2.02. The van der Waals surface area contributed by atoms with E-state index in [1.54, 1.807) is 0 Å². The van der Waals surface area contributed by atoms with E-state index in [4.69, 9.17) is 0 Å². The van der Waals surface area contributed by atoms with Gasteiger partial charge in [0.25, 0.3) is 0 Å². The second-order valence-electron chi connectivity index (χ2n) is 3.95. The van der Waals surface area contributed by atoms with Crippen molar-refractivity contribution in [2.24, 2.45) is 0 Å². The number of halogens is 1. The minimum atomic E-state index is -0.870. The lowest BCUT2D eigenvalue weighted by atomic mass is 9.94. The Kier molecular flexibility index (Phi) is 4.15. The minimum Gasteiger partial charge on any atom is -0.478 e. The largest absolute Gasteiger partial charge is 0.478 e. The van der Waals surface area contributed by atoms with E-state index >= 15 is 0 Å². The summed E-state index contributed by atoms with van der Waals surface area (Å²) in [6, 6.07) is 15.3. The summed E-state index contributed by atoms with van der Waals surface area (Å²) in [4.78, 5) is 11.5. The van der Waals surface area contributed by atoms with Crippen LogP contribution in [-0.2, 0) is 6.42 Å². The molecular formula is C15H13BrO2. The SMILES string of the molecule is O=C(O)c1c(CCBr)cccc1-c1ccccc1. The Morgan fingerprint density at radius 3 is 2.39 bits per heavy atom. The fourth-order valence-corrected chi connectivity index (χ4v) is 2.45. The van der Waals surface area contributed by atoms with Gasteiger partial charge in [-0.2, -0.15) is 0 Å². The maximum absolute atomic E-state index is 11.5. The smallest absolute Gasteiger partial charge is 0.336 e. The van der Waals surface area contributed by atoms with Gasteiger partial charge in [0.05, 0.1) is 5.56 Å². The first kappa shape index (κ1) is 12.8. The van der Waals surface area contributed by atoms with E-state index in [1.807, 2.05) is 48.5 Å². The van der Waals surface area contributed by atoms with Crippen molar-refractivity contribution in [3.8, 4) is 11.1 Å². The maximum Gasteiger partial charge on any atom is 0.336 e. The van der Waals surface area contributed by atoms with Gasteiger partial charge >= 0.3 is 5.97 Å². The molecule has 0 aliphatic rings. The molecule has 18 heavy (non-hydrogen) atoms. The van der Waals surface area contributed by atoms with Crippen LogP contribution in [0.4, 0.5) is 0 Å². The third-order valence-corrected chi connectivity index (χ3v) is 3.21. The first-order chi connectivity index (χ1) is 8.74. The highest BCUT2D eigenvalue weighted by Crippen LogP contribution is 2.26. The summed E-state index contributed by atoms with van der Waals surface area (Å²) in [6.07, 6.45) is 0.711. The Morgan fingerprint density at radius 1 is 1.06 bits per heavy atom. The van der Waals surface area contributed by atoms with Crippen molar-refractivity contribution >= 4 is 21.9 Å². The van der Waals surface area contributed by atoms with E-state index in [2.05, 4.69) is 15.9 Å². The second kappa shape index (κ2) is 5.83. The fraction of sp³-hybridized carbons (Fsp3) is 0.133. The van der Waals surface area contributed by atoms with Crippen molar-refractivity contribution in [1.82, 2.24) is 0 Å². The molecule has 0 saturated carbocycles. The summed E-state index contributed by atoms with van der Waals surface area (Å²) >= 11 is 3.36. The first-order valence-electron chi connectivity index (χ1n) is 5.70. The summed E-state index contributed by atoms with van der Waals surface area (Å²) in [6.45, 7) is 0. The highest BCUT2D eigenvalue weighted by Gasteiger charge is 2.15. The summed E-state index contributed by atoms with van der Waals surface area (Å²) in [5, 5.41) is 10.2. The average molecular weight is 305 g/mol. The minimum absolute atomic E-state index is 0.406. The zero-order valence-electron chi connectivity index (χ0n) is 9.77. The molecule has 0 spiro atoms. The Labute approximate surface area is 114 Å². The molecule has 2 aromatic rings. The molecule has 92 valence electrons. The van der Waals surface area contributed by atoms with Gasteiger partial charge in [-0.05, 0) is 23.1 Å². The quantitative estimate of drug-likeness (QED) is 0.867. The highest BCUT2D eigenvalue weighted by molar-refractivity contribution is 9.09. The molecule has 2 aromatic carbocycles. The maximum atomic E-state index is 11.5. The zero-order valence-corrected chi connectivity index (χ0v) is 11.4. The van der Waals surface area contributed by atoms with E-state index in [-0.39, 0.29) is 0 Å². The monoisotopic (exact) mass is 304 g/mol. The topological polar surface area (TPSA) is 37.3 Å². The number of carboxylic acid groups (broad SMARTS) is 1. The highest BCUT2D eigenvalue weighted by atomic mass is 79.9. The Balaban J connectivity index is 2.60. The van der Waals surface area contributed by atoms with Crippen LogP contribution in [0.15, 0.2) is 48.5 Å². The van der Waals surface area contributed by atoms with Crippen molar-refractivity contribution in [2.75, 3.05) is 5.33 Å². The van der Waals surface area contributed by atoms with Gasteiger partial charge in [-0.25, -0.2) is 4.79 Å². The van der Waals surface area contributed by atoms with Crippen molar-refractivity contribution in [2.45, 2.75) is 6.42 Å². The van der Waals surface area contributed by atoms with Crippen LogP contribution in [-0.4, -0.2) is 16.4 Å². The molecule has 0 aromatic heterocycles. The second-order valence-corrected chi connectivity index (χ2v) is 4.74. The summed E-state index contributed by atoms with van der Waals surface area (Å²) in [7, 11) is 0. The van der Waals surface area contributed by atoms with Gasteiger partial charge in [-0.1, -0.05) is 64.5 Å². The predicted molar refractivity (Wildman–Crippen MR) is 76.3 cm³/mol. The van der Waals surface area contributed by atoms with E-state index in [0.29, 0.717) is 12.0 Å². The number of benzene rings is 2. The average Bonchev–Trinajstić information content (AvgIpc) is 2.39. The van der Waals surface area contributed by atoms with Crippen LogP contribution < -0.4 is 0 Å². The van der Waals surface area contributed by atoms with E-state index in [0.717, 1.165) is 22.0 Å². The van der Waals surface area contributed by atoms with Gasteiger partial charge in [-0.15, -0.1) is 0 Å².